The molecule has 1 aliphatic heterocycles. The van der Waals surface area contributed by atoms with Crippen LogP contribution >= 0.6 is 11.3 Å². The van der Waals surface area contributed by atoms with E-state index in [1.165, 1.54) is 7.05 Å². The molecule has 0 aliphatic carbocycles. The monoisotopic (exact) mass is 335 g/mol. The molecule has 2 rings (SSSR count). The van der Waals surface area contributed by atoms with Gasteiger partial charge in [0.1, 0.15) is 4.21 Å². The van der Waals surface area contributed by atoms with Gasteiger partial charge in [-0.25, -0.2) is 13.1 Å². The predicted octanol–water partition coefficient (Wildman–Crippen LogP) is 1.54. The van der Waals surface area contributed by atoms with Gasteiger partial charge in [-0.15, -0.1) is 0 Å². The molecular formula is C11H17N3O5S2. The van der Waals surface area contributed by atoms with Gasteiger partial charge >= 0.3 is 5.69 Å². The second kappa shape index (κ2) is 6.26. The van der Waals surface area contributed by atoms with Gasteiger partial charge in [-0.2, -0.15) is 0 Å². The summed E-state index contributed by atoms with van der Waals surface area (Å²) in [6.45, 7) is 2.36. The predicted molar refractivity (Wildman–Crippen MR) is 79.3 cm³/mol. The number of hydrogen-bond donors (Lipinski definition) is 2. The molecule has 1 aromatic heterocycles. The van der Waals surface area contributed by atoms with Gasteiger partial charge in [-0.3, -0.25) is 10.1 Å². The summed E-state index contributed by atoms with van der Waals surface area (Å²) < 4.78 is 32.5. The van der Waals surface area contributed by atoms with Crippen molar-refractivity contribution in [1.29, 1.82) is 0 Å². The molecule has 1 saturated heterocycles. The Hall–Kier alpha value is -1.23. The number of nitrogens with one attached hydrogen (secondary N) is 2. The quantitative estimate of drug-likeness (QED) is 0.603. The molecule has 21 heavy (non-hydrogen) atoms. The number of hydrogen-bond acceptors (Lipinski definition) is 7. The lowest BCUT2D eigenvalue weighted by Gasteiger charge is -2.19. The molecule has 1 aliphatic rings. The zero-order valence-corrected chi connectivity index (χ0v) is 13.3. The van der Waals surface area contributed by atoms with E-state index < -0.39 is 14.9 Å². The van der Waals surface area contributed by atoms with Gasteiger partial charge in [0.15, 0.2) is 5.00 Å². The van der Waals surface area contributed by atoms with E-state index in [0.717, 1.165) is 30.2 Å². The van der Waals surface area contributed by atoms with E-state index in [9.17, 15) is 18.5 Å². The van der Waals surface area contributed by atoms with Crippen molar-refractivity contribution in [2.45, 2.75) is 36.1 Å². The van der Waals surface area contributed by atoms with Crippen molar-refractivity contribution in [2.24, 2.45) is 0 Å². The van der Waals surface area contributed by atoms with Crippen LogP contribution in [0.25, 0.3) is 0 Å². The third kappa shape index (κ3) is 3.51. The maximum absolute atomic E-state index is 12.3. The first-order valence-electron chi connectivity index (χ1n) is 6.45. The Morgan fingerprint density at radius 1 is 1.57 bits per heavy atom. The summed E-state index contributed by atoms with van der Waals surface area (Å²) >= 11 is 0.835. The van der Waals surface area contributed by atoms with E-state index in [2.05, 4.69) is 10.0 Å². The molecule has 0 saturated carbocycles. The van der Waals surface area contributed by atoms with Gasteiger partial charge in [0.05, 0.1) is 11.0 Å². The lowest BCUT2D eigenvalue weighted by atomic mass is 10.1. The summed E-state index contributed by atoms with van der Waals surface area (Å²) in [7, 11) is -2.29. The second-order valence-corrected chi connectivity index (χ2v) is 7.74. The number of rotatable bonds is 6. The minimum absolute atomic E-state index is 0.0802. The Bertz CT molecular complexity index is 622. The third-order valence-corrected chi connectivity index (χ3v) is 6.42. The van der Waals surface area contributed by atoms with Crippen LogP contribution in [0.4, 0.5) is 10.7 Å². The first kappa shape index (κ1) is 16.1. The summed E-state index contributed by atoms with van der Waals surface area (Å²) in [5.74, 6) is 0. The van der Waals surface area contributed by atoms with Crippen LogP contribution < -0.4 is 10.0 Å². The third-order valence-electron chi connectivity index (χ3n) is 3.24. The van der Waals surface area contributed by atoms with Crippen LogP contribution in [-0.4, -0.2) is 39.1 Å². The summed E-state index contributed by atoms with van der Waals surface area (Å²) in [4.78, 5) is 10.3. The molecule has 10 heteroatoms. The molecule has 2 unspecified atom stereocenters. The van der Waals surface area contributed by atoms with Gasteiger partial charge in [-0.1, -0.05) is 11.3 Å². The second-order valence-electron chi connectivity index (χ2n) is 4.75. The Morgan fingerprint density at radius 2 is 2.29 bits per heavy atom. The van der Waals surface area contributed by atoms with E-state index in [-0.39, 0.29) is 27.0 Å². The smallest absolute Gasteiger partial charge is 0.304 e. The Balaban J connectivity index is 2.20. The molecule has 0 bridgehead atoms. The molecular weight excluding hydrogens is 318 g/mol. The molecule has 2 atom stereocenters. The number of ether oxygens (including phenoxy) is 1. The molecule has 0 aromatic carbocycles. The van der Waals surface area contributed by atoms with Gasteiger partial charge in [0, 0.05) is 25.8 Å². The van der Waals surface area contributed by atoms with Crippen LogP contribution in [0.3, 0.4) is 0 Å². The average molecular weight is 335 g/mol. The molecule has 1 fully saturated rings. The largest absolute Gasteiger partial charge is 0.377 e. The SMILES string of the molecule is CNc1sc(S(=O)(=O)NC(C)C2CCCO2)cc1[N+](=O)[O-]. The standard InChI is InChI=1S/C11H17N3O5S2/c1-7(9-4-3-5-19-9)13-21(17,18)10-6-8(14(15)16)11(12-2)20-10/h6-7,9,12-13H,3-5H2,1-2H3. The van der Waals surface area contributed by atoms with Crippen molar-refractivity contribution in [2.75, 3.05) is 19.0 Å². The lowest BCUT2D eigenvalue weighted by molar-refractivity contribution is -0.383. The number of anilines is 1. The van der Waals surface area contributed by atoms with Crippen molar-refractivity contribution >= 4 is 32.0 Å². The fourth-order valence-electron chi connectivity index (χ4n) is 2.18. The van der Waals surface area contributed by atoms with E-state index in [1.54, 1.807) is 6.92 Å². The van der Waals surface area contributed by atoms with Gasteiger partial charge < -0.3 is 10.1 Å². The Morgan fingerprint density at radius 3 is 2.76 bits per heavy atom. The van der Waals surface area contributed by atoms with Crippen LogP contribution in [0.15, 0.2) is 10.3 Å². The van der Waals surface area contributed by atoms with Gasteiger partial charge in [0.25, 0.3) is 10.0 Å². The van der Waals surface area contributed by atoms with E-state index >= 15 is 0 Å². The fourth-order valence-corrected chi connectivity index (χ4v) is 4.75. The summed E-state index contributed by atoms with van der Waals surface area (Å²) in [6.07, 6.45) is 1.56. The summed E-state index contributed by atoms with van der Waals surface area (Å²) in [6, 6.07) is 0.692. The first-order valence-corrected chi connectivity index (χ1v) is 8.75. The first-order chi connectivity index (χ1) is 9.85. The summed E-state index contributed by atoms with van der Waals surface area (Å²) in [5, 5.41) is 13.7. The van der Waals surface area contributed by atoms with Crippen LogP contribution in [0.1, 0.15) is 19.8 Å². The van der Waals surface area contributed by atoms with E-state index in [1.807, 2.05) is 0 Å². The molecule has 2 heterocycles. The normalized spacial score (nSPS) is 20.4. The summed E-state index contributed by atoms with van der Waals surface area (Å²) in [5.41, 5.74) is -0.243. The van der Waals surface area contributed by atoms with Crippen LogP contribution in [-0.2, 0) is 14.8 Å². The topological polar surface area (TPSA) is 111 Å². The molecule has 0 amide bonds. The highest BCUT2D eigenvalue weighted by molar-refractivity contribution is 7.91. The highest BCUT2D eigenvalue weighted by Crippen LogP contribution is 2.36. The zero-order valence-electron chi connectivity index (χ0n) is 11.7. The zero-order chi connectivity index (χ0) is 15.6. The Labute approximate surface area is 126 Å². The van der Waals surface area contributed by atoms with Crippen molar-refractivity contribution < 1.29 is 18.1 Å². The minimum Gasteiger partial charge on any atom is -0.377 e. The number of nitrogens with zero attached hydrogens (tertiary/aromatic N) is 1. The molecule has 0 spiro atoms. The molecule has 8 nitrogen and oxygen atoms in total. The van der Waals surface area contributed by atoms with Crippen molar-refractivity contribution in [3.05, 3.63) is 16.2 Å². The highest BCUT2D eigenvalue weighted by atomic mass is 32.2. The highest BCUT2D eigenvalue weighted by Gasteiger charge is 2.30. The van der Waals surface area contributed by atoms with Gasteiger partial charge in [0.2, 0.25) is 0 Å². The van der Waals surface area contributed by atoms with E-state index in [0.29, 0.717) is 6.61 Å². The molecule has 118 valence electrons. The number of nitro groups is 1. The van der Waals surface area contributed by atoms with Crippen LogP contribution in [0.5, 0.6) is 0 Å². The average Bonchev–Trinajstić information content (AvgIpc) is 3.07. The minimum atomic E-state index is -3.80. The number of thiophene rings is 1. The Kier molecular flexibility index (Phi) is 4.81. The fraction of sp³-hybridized carbons (Fsp3) is 0.636. The van der Waals surface area contributed by atoms with Crippen LogP contribution in [0, 0.1) is 10.1 Å². The van der Waals surface area contributed by atoms with Crippen molar-refractivity contribution in [3.63, 3.8) is 0 Å². The maximum atomic E-state index is 12.3. The molecule has 2 N–H and O–H groups in total. The van der Waals surface area contributed by atoms with Crippen molar-refractivity contribution in [1.82, 2.24) is 4.72 Å². The van der Waals surface area contributed by atoms with E-state index in [4.69, 9.17) is 4.74 Å². The van der Waals surface area contributed by atoms with Crippen LogP contribution in [0.2, 0.25) is 0 Å². The van der Waals surface area contributed by atoms with Crippen molar-refractivity contribution in [3.8, 4) is 0 Å². The number of sulfonamides is 1. The molecule has 0 radical (unpaired) electrons. The maximum Gasteiger partial charge on any atom is 0.304 e. The lowest BCUT2D eigenvalue weighted by Crippen LogP contribution is -2.40. The van der Waals surface area contributed by atoms with Gasteiger partial charge in [-0.05, 0) is 19.8 Å². The molecule has 1 aromatic rings.